The van der Waals surface area contributed by atoms with E-state index in [-0.39, 0.29) is 11.8 Å². The smallest absolute Gasteiger partial charge is 0.332 e. The van der Waals surface area contributed by atoms with Crippen LogP contribution in [0, 0.1) is 40.4 Å². The van der Waals surface area contributed by atoms with Gasteiger partial charge in [-0.2, -0.15) is 0 Å². The van der Waals surface area contributed by atoms with Gasteiger partial charge in [0.2, 0.25) is 0 Å². The Morgan fingerprint density at radius 2 is 1.71 bits per heavy atom. The van der Waals surface area contributed by atoms with Gasteiger partial charge in [0.25, 0.3) is 0 Å². The van der Waals surface area contributed by atoms with Gasteiger partial charge in [-0.3, -0.25) is 0 Å². The van der Waals surface area contributed by atoms with Crippen molar-refractivity contribution in [3.63, 3.8) is 0 Å². The number of esters is 1. The zero-order chi connectivity index (χ0) is 24.8. The maximum atomic E-state index is 12.0. The molecule has 5 aliphatic rings. The Balaban J connectivity index is 1.21. The van der Waals surface area contributed by atoms with Crippen LogP contribution < -0.4 is 0 Å². The molecule has 0 N–H and O–H groups in total. The van der Waals surface area contributed by atoms with Gasteiger partial charge in [0.1, 0.15) is 7.85 Å². The molecule has 0 amide bonds. The predicted molar refractivity (Wildman–Crippen MR) is 139 cm³/mol. The van der Waals surface area contributed by atoms with Gasteiger partial charge < -0.3 is 14.2 Å². The van der Waals surface area contributed by atoms with Crippen molar-refractivity contribution in [1.82, 2.24) is 0 Å². The minimum atomic E-state index is -0.264. The summed E-state index contributed by atoms with van der Waals surface area (Å²) in [6, 6.07) is 0. The van der Waals surface area contributed by atoms with Gasteiger partial charge in [-0.25, -0.2) is 4.79 Å². The minimum Gasteiger partial charge on any atom is -0.463 e. The summed E-state index contributed by atoms with van der Waals surface area (Å²) in [5, 5.41) is 0. The van der Waals surface area contributed by atoms with E-state index in [4.69, 9.17) is 22.1 Å². The molecule has 7 unspecified atom stereocenters. The molecule has 0 bridgehead atoms. The van der Waals surface area contributed by atoms with Gasteiger partial charge in [-0.15, -0.1) is 5.47 Å². The quantitative estimate of drug-likeness (QED) is 0.244. The second-order valence-electron chi connectivity index (χ2n) is 13.1. The predicted octanol–water partition coefficient (Wildman–Crippen LogP) is 6.56. The zero-order valence-electron chi connectivity index (χ0n) is 22.7. The van der Waals surface area contributed by atoms with Crippen LogP contribution in [0.5, 0.6) is 0 Å². The van der Waals surface area contributed by atoms with Crippen molar-refractivity contribution in [3.8, 4) is 0 Å². The number of hydrogen-bond donors (Lipinski definition) is 0. The van der Waals surface area contributed by atoms with Gasteiger partial charge in [0, 0.05) is 18.4 Å². The topological polar surface area (TPSA) is 44.8 Å². The summed E-state index contributed by atoms with van der Waals surface area (Å²) >= 11 is 0. The molecule has 4 aliphatic carbocycles. The molecular weight excluding hydrogens is 435 g/mol. The van der Waals surface area contributed by atoms with E-state index in [0.29, 0.717) is 28.5 Å². The summed E-state index contributed by atoms with van der Waals surface area (Å²) in [6.07, 6.45) is 14.9. The van der Waals surface area contributed by atoms with Crippen molar-refractivity contribution in [1.29, 1.82) is 0 Å². The van der Waals surface area contributed by atoms with E-state index in [2.05, 4.69) is 13.8 Å². The number of allylic oxidation sites excluding steroid dienone is 1. The fraction of sp³-hybridized carbons (Fsp3) is 0.900. The van der Waals surface area contributed by atoms with Crippen LogP contribution >= 0.6 is 0 Å². The standard InChI is InChI=1S/C30H47BO4/c1-5-33-27(32)20(2)26(31)8-6-7-21-10-12-24-23-11-9-22-19-30(34-17-18-35-30)16-15-29(22,4)25(23)13-14-28(21,24)3/h21-25H,5-19H2,1-4H3/b26-20-. The van der Waals surface area contributed by atoms with Crippen LogP contribution in [-0.4, -0.2) is 39.4 Å². The van der Waals surface area contributed by atoms with Gasteiger partial charge in [-0.1, -0.05) is 20.3 Å². The third kappa shape index (κ3) is 4.45. The molecular formula is C30H47BO4. The van der Waals surface area contributed by atoms with Crippen molar-refractivity contribution in [2.45, 2.75) is 111 Å². The normalized spacial score (nSPS) is 42.7. The van der Waals surface area contributed by atoms with E-state index in [9.17, 15) is 4.79 Å². The zero-order valence-corrected chi connectivity index (χ0v) is 22.7. The molecule has 5 heteroatoms. The highest BCUT2D eigenvalue weighted by Crippen LogP contribution is 2.68. The van der Waals surface area contributed by atoms with Crippen LogP contribution in [0.15, 0.2) is 11.0 Å². The molecule has 1 heterocycles. The Morgan fingerprint density at radius 1 is 0.971 bits per heavy atom. The largest absolute Gasteiger partial charge is 0.463 e. The van der Waals surface area contributed by atoms with Gasteiger partial charge >= 0.3 is 5.97 Å². The highest BCUT2D eigenvalue weighted by Gasteiger charge is 2.61. The lowest BCUT2D eigenvalue weighted by atomic mass is 9.44. The Kier molecular flexibility index (Phi) is 7.25. The maximum Gasteiger partial charge on any atom is 0.332 e. The third-order valence-corrected chi connectivity index (χ3v) is 11.7. The molecule has 7 atom stereocenters. The second kappa shape index (κ2) is 9.82. The molecule has 194 valence electrons. The van der Waals surface area contributed by atoms with Crippen molar-refractivity contribution in [2.75, 3.05) is 19.8 Å². The minimum absolute atomic E-state index is 0.249. The number of fused-ring (bicyclic) bond motifs is 5. The Labute approximate surface area is 214 Å². The Bertz CT molecular complexity index is 832. The van der Waals surface area contributed by atoms with Crippen LogP contribution in [0.1, 0.15) is 105 Å². The van der Waals surface area contributed by atoms with Crippen molar-refractivity contribution in [2.24, 2.45) is 40.4 Å². The first-order valence-electron chi connectivity index (χ1n) is 14.6. The van der Waals surface area contributed by atoms with Gasteiger partial charge in [0.15, 0.2) is 5.79 Å². The van der Waals surface area contributed by atoms with E-state index in [1.54, 1.807) is 6.92 Å². The summed E-state index contributed by atoms with van der Waals surface area (Å²) in [5.41, 5.74) is 2.25. The molecule has 1 spiro atoms. The van der Waals surface area contributed by atoms with Crippen LogP contribution in [0.3, 0.4) is 0 Å². The molecule has 5 rings (SSSR count). The average Bonchev–Trinajstić information content (AvgIpc) is 3.43. The molecule has 0 aromatic carbocycles. The lowest BCUT2D eigenvalue weighted by molar-refractivity contribution is -0.229. The molecule has 1 saturated heterocycles. The molecule has 4 nitrogen and oxygen atoms in total. The molecule has 0 aromatic heterocycles. The van der Waals surface area contributed by atoms with Gasteiger partial charge in [-0.05, 0) is 112 Å². The lowest BCUT2D eigenvalue weighted by Crippen LogP contribution is -2.56. The molecule has 1 aliphatic heterocycles. The number of carbonyl (C=O) groups is 1. The van der Waals surface area contributed by atoms with E-state index in [1.807, 2.05) is 6.92 Å². The highest BCUT2D eigenvalue weighted by molar-refractivity contribution is 6.24. The van der Waals surface area contributed by atoms with Crippen molar-refractivity contribution in [3.05, 3.63) is 11.0 Å². The molecule has 4 saturated carbocycles. The molecule has 0 aromatic rings. The van der Waals surface area contributed by atoms with Crippen molar-refractivity contribution >= 4 is 13.8 Å². The van der Waals surface area contributed by atoms with E-state index in [0.717, 1.165) is 68.5 Å². The van der Waals surface area contributed by atoms with Gasteiger partial charge in [0.05, 0.1) is 19.8 Å². The van der Waals surface area contributed by atoms with E-state index in [1.165, 1.54) is 51.4 Å². The molecule has 2 radical (unpaired) electrons. The maximum absolute atomic E-state index is 12.0. The summed E-state index contributed by atoms with van der Waals surface area (Å²) in [5.74, 6) is 3.70. The van der Waals surface area contributed by atoms with Crippen molar-refractivity contribution < 1.29 is 19.0 Å². The first kappa shape index (κ1) is 25.8. The average molecular weight is 483 g/mol. The summed E-state index contributed by atoms with van der Waals surface area (Å²) in [7, 11) is 6.27. The highest BCUT2D eigenvalue weighted by atomic mass is 16.7. The van der Waals surface area contributed by atoms with Crippen LogP contribution in [0.2, 0.25) is 0 Å². The number of carbonyl (C=O) groups excluding carboxylic acids is 1. The molecule has 35 heavy (non-hydrogen) atoms. The third-order valence-electron chi connectivity index (χ3n) is 11.7. The molecule has 5 fully saturated rings. The fourth-order valence-corrected chi connectivity index (χ4v) is 9.64. The summed E-state index contributed by atoms with van der Waals surface area (Å²) < 4.78 is 17.4. The fourth-order valence-electron chi connectivity index (χ4n) is 9.64. The van der Waals surface area contributed by atoms with Crippen LogP contribution in [0.4, 0.5) is 0 Å². The second-order valence-corrected chi connectivity index (χ2v) is 13.1. The lowest BCUT2D eigenvalue weighted by Gasteiger charge is -2.62. The number of hydrogen-bond acceptors (Lipinski definition) is 4. The first-order chi connectivity index (χ1) is 16.7. The summed E-state index contributed by atoms with van der Waals surface area (Å²) in [4.78, 5) is 12.0. The Hall–Kier alpha value is -0.805. The number of ether oxygens (including phenoxy) is 3. The van der Waals surface area contributed by atoms with E-state index < -0.39 is 0 Å². The SMILES string of the molecule is [B]/C(CCCC1CCC2C3CCC4CC5(CCC4(C)C3CCC12C)OCCO5)=C(/C)C(=O)OCC. The Morgan fingerprint density at radius 3 is 2.46 bits per heavy atom. The number of rotatable bonds is 6. The first-order valence-corrected chi connectivity index (χ1v) is 14.6. The van der Waals surface area contributed by atoms with Crippen LogP contribution in [0.25, 0.3) is 0 Å². The van der Waals surface area contributed by atoms with Crippen LogP contribution in [-0.2, 0) is 19.0 Å². The monoisotopic (exact) mass is 482 g/mol. The van der Waals surface area contributed by atoms with E-state index >= 15 is 0 Å². The summed E-state index contributed by atoms with van der Waals surface area (Å²) in [6.45, 7) is 10.9.